The number of amides is 2. The van der Waals surface area contributed by atoms with Gasteiger partial charge in [-0.25, -0.2) is 0 Å². The zero-order chi connectivity index (χ0) is 22.2. The van der Waals surface area contributed by atoms with E-state index in [-0.39, 0.29) is 30.3 Å². The highest BCUT2D eigenvalue weighted by Crippen LogP contribution is 2.30. The van der Waals surface area contributed by atoms with Crippen LogP contribution in [0.2, 0.25) is 0 Å². The molecule has 0 spiro atoms. The van der Waals surface area contributed by atoms with Crippen molar-refractivity contribution >= 4 is 11.8 Å². The highest BCUT2D eigenvalue weighted by molar-refractivity contribution is 5.86. The molecular formula is C26H37N3O2. The first-order valence-corrected chi connectivity index (χ1v) is 11.8. The van der Waals surface area contributed by atoms with E-state index in [9.17, 15) is 9.59 Å². The molecule has 2 amide bonds. The second-order valence-corrected chi connectivity index (χ2v) is 8.79. The molecule has 1 aromatic heterocycles. The maximum Gasteiger partial charge on any atom is 0.242 e. The number of rotatable bonds is 12. The van der Waals surface area contributed by atoms with Gasteiger partial charge in [-0.2, -0.15) is 0 Å². The average molecular weight is 424 g/mol. The van der Waals surface area contributed by atoms with Gasteiger partial charge >= 0.3 is 0 Å². The van der Waals surface area contributed by atoms with Crippen molar-refractivity contribution in [1.29, 1.82) is 0 Å². The number of hydrogen-bond donors (Lipinski definition) is 0. The van der Waals surface area contributed by atoms with Crippen LogP contribution in [0.4, 0.5) is 0 Å². The first-order valence-electron chi connectivity index (χ1n) is 11.8. The number of aromatic nitrogens is 1. The molecule has 0 unspecified atom stereocenters. The Labute approximate surface area is 187 Å². The molecule has 1 atom stereocenters. The minimum absolute atomic E-state index is 0.0237. The molecule has 5 heteroatoms. The van der Waals surface area contributed by atoms with Gasteiger partial charge in [-0.05, 0) is 43.4 Å². The number of carbonyl (C=O) groups excluding carboxylic acids is 2. The van der Waals surface area contributed by atoms with E-state index in [0.29, 0.717) is 13.1 Å². The van der Waals surface area contributed by atoms with Gasteiger partial charge in [-0.1, -0.05) is 57.0 Å². The highest BCUT2D eigenvalue weighted by Gasteiger charge is 2.37. The second-order valence-electron chi connectivity index (χ2n) is 8.79. The Morgan fingerprint density at radius 2 is 1.81 bits per heavy atom. The summed E-state index contributed by atoms with van der Waals surface area (Å²) in [7, 11) is 2.00. The Kier molecular flexibility index (Phi) is 8.33. The van der Waals surface area contributed by atoms with Crippen LogP contribution in [-0.4, -0.2) is 38.8 Å². The third-order valence-electron chi connectivity index (χ3n) is 6.30. The van der Waals surface area contributed by atoms with Gasteiger partial charge in [0.05, 0.1) is 6.54 Å². The summed E-state index contributed by atoms with van der Waals surface area (Å²) in [6.45, 7) is 5.51. The van der Waals surface area contributed by atoms with Crippen LogP contribution < -0.4 is 0 Å². The molecule has 2 aromatic rings. The summed E-state index contributed by atoms with van der Waals surface area (Å²) in [4.78, 5) is 30.6. The average Bonchev–Trinajstić information content (AvgIpc) is 3.54. The van der Waals surface area contributed by atoms with Crippen molar-refractivity contribution in [2.24, 2.45) is 13.0 Å². The van der Waals surface area contributed by atoms with Gasteiger partial charge in [-0.3, -0.25) is 9.59 Å². The van der Waals surface area contributed by atoms with Crippen LogP contribution in [0.15, 0.2) is 48.7 Å². The fourth-order valence-electron chi connectivity index (χ4n) is 4.10. The normalized spacial score (nSPS) is 14.3. The SMILES string of the molecule is CCCC[C@@H](CC)C(=O)N(CC(=O)N(Cc1ccccc1)Cc1cccn1C)C1CC1. The van der Waals surface area contributed by atoms with Crippen LogP contribution in [0.5, 0.6) is 0 Å². The van der Waals surface area contributed by atoms with Crippen LogP contribution in [-0.2, 0) is 29.7 Å². The van der Waals surface area contributed by atoms with Crippen molar-refractivity contribution in [1.82, 2.24) is 14.4 Å². The van der Waals surface area contributed by atoms with Crippen molar-refractivity contribution in [3.05, 3.63) is 59.9 Å². The van der Waals surface area contributed by atoms with E-state index in [4.69, 9.17) is 0 Å². The Morgan fingerprint density at radius 1 is 1.06 bits per heavy atom. The molecule has 1 fully saturated rings. The van der Waals surface area contributed by atoms with Gasteiger partial charge in [0.2, 0.25) is 11.8 Å². The molecule has 1 aromatic carbocycles. The van der Waals surface area contributed by atoms with Crippen molar-refractivity contribution in [3.63, 3.8) is 0 Å². The predicted octanol–water partition coefficient (Wildman–Crippen LogP) is 4.76. The molecule has 1 heterocycles. The summed E-state index contributed by atoms with van der Waals surface area (Å²) >= 11 is 0. The van der Waals surface area contributed by atoms with E-state index < -0.39 is 0 Å². The first-order chi connectivity index (χ1) is 15.0. The number of hydrogen-bond acceptors (Lipinski definition) is 2. The summed E-state index contributed by atoms with van der Waals surface area (Å²) < 4.78 is 2.05. The van der Waals surface area contributed by atoms with E-state index in [2.05, 4.69) is 13.8 Å². The maximum absolute atomic E-state index is 13.5. The van der Waals surface area contributed by atoms with Gasteiger partial charge in [0.25, 0.3) is 0 Å². The molecule has 1 aliphatic rings. The van der Waals surface area contributed by atoms with E-state index in [1.54, 1.807) is 0 Å². The van der Waals surface area contributed by atoms with Gasteiger partial charge in [-0.15, -0.1) is 0 Å². The summed E-state index contributed by atoms with van der Waals surface area (Å²) in [5, 5.41) is 0. The highest BCUT2D eigenvalue weighted by atomic mass is 16.2. The summed E-state index contributed by atoms with van der Waals surface area (Å²) in [6, 6.07) is 14.4. The molecule has 0 N–H and O–H groups in total. The number of nitrogens with zero attached hydrogens (tertiary/aromatic N) is 3. The third-order valence-corrected chi connectivity index (χ3v) is 6.30. The van der Waals surface area contributed by atoms with Crippen LogP contribution >= 0.6 is 0 Å². The largest absolute Gasteiger partial charge is 0.353 e. The van der Waals surface area contributed by atoms with Gasteiger partial charge in [0.1, 0.15) is 6.54 Å². The molecule has 5 nitrogen and oxygen atoms in total. The second kappa shape index (κ2) is 11.2. The van der Waals surface area contributed by atoms with Crippen molar-refractivity contribution in [2.45, 2.75) is 71.5 Å². The van der Waals surface area contributed by atoms with Crippen molar-refractivity contribution < 1.29 is 9.59 Å². The minimum Gasteiger partial charge on any atom is -0.353 e. The number of benzene rings is 1. The third kappa shape index (κ3) is 6.46. The predicted molar refractivity (Wildman–Crippen MR) is 124 cm³/mol. The molecular weight excluding hydrogens is 386 g/mol. The fraction of sp³-hybridized carbons (Fsp3) is 0.538. The molecule has 0 aliphatic heterocycles. The van der Waals surface area contributed by atoms with Crippen LogP contribution in [0.1, 0.15) is 63.6 Å². The monoisotopic (exact) mass is 423 g/mol. The van der Waals surface area contributed by atoms with Crippen LogP contribution in [0, 0.1) is 5.92 Å². The zero-order valence-corrected chi connectivity index (χ0v) is 19.3. The molecule has 0 radical (unpaired) electrons. The van der Waals surface area contributed by atoms with Gasteiger partial charge < -0.3 is 14.4 Å². The van der Waals surface area contributed by atoms with Crippen molar-refractivity contribution in [3.8, 4) is 0 Å². The first kappa shape index (κ1) is 23.1. The molecule has 1 saturated carbocycles. The lowest BCUT2D eigenvalue weighted by Crippen LogP contribution is -2.45. The zero-order valence-electron chi connectivity index (χ0n) is 19.3. The topological polar surface area (TPSA) is 45.6 Å². The number of aryl methyl sites for hydroxylation is 1. The summed E-state index contributed by atoms with van der Waals surface area (Å²) in [5.74, 6) is 0.227. The smallest absolute Gasteiger partial charge is 0.242 e. The molecule has 3 rings (SSSR count). The molecule has 168 valence electrons. The van der Waals surface area contributed by atoms with E-state index >= 15 is 0 Å². The Bertz CT molecular complexity index is 841. The van der Waals surface area contributed by atoms with E-state index in [1.807, 2.05) is 70.1 Å². The quantitative estimate of drug-likeness (QED) is 0.494. The lowest BCUT2D eigenvalue weighted by Gasteiger charge is -2.30. The molecule has 1 aliphatic carbocycles. The Balaban J connectivity index is 1.75. The Hall–Kier alpha value is -2.56. The van der Waals surface area contributed by atoms with E-state index in [0.717, 1.165) is 49.8 Å². The number of carbonyl (C=O) groups is 2. The summed E-state index contributed by atoms with van der Waals surface area (Å²) in [6.07, 6.45) is 7.94. The lowest BCUT2D eigenvalue weighted by atomic mass is 9.97. The minimum atomic E-state index is 0.0237. The van der Waals surface area contributed by atoms with Crippen LogP contribution in [0.25, 0.3) is 0 Å². The maximum atomic E-state index is 13.5. The summed E-state index contributed by atoms with van der Waals surface area (Å²) in [5.41, 5.74) is 2.19. The fourth-order valence-corrected chi connectivity index (χ4v) is 4.10. The van der Waals surface area contributed by atoms with E-state index in [1.165, 1.54) is 0 Å². The molecule has 31 heavy (non-hydrogen) atoms. The lowest BCUT2D eigenvalue weighted by molar-refractivity contribution is -0.144. The number of unbranched alkanes of at least 4 members (excludes halogenated alkanes) is 1. The van der Waals surface area contributed by atoms with Crippen LogP contribution in [0.3, 0.4) is 0 Å². The molecule has 0 saturated heterocycles. The molecule has 0 bridgehead atoms. The van der Waals surface area contributed by atoms with Gasteiger partial charge in [0.15, 0.2) is 0 Å². The van der Waals surface area contributed by atoms with Crippen molar-refractivity contribution in [2.75, 3.05) is 6.54 Å². The standard InChI is InChI=1S/C26H37N3O2/c1-4-6-13-22(5-2)26(31)29(23-15-16-23)20-25(30)28(18-21-11-8-7-9-12-21)19-24-14-10-17-27(24)3/h7-12,14,17,22-23H,4-6,13,15-16,18-20H2,1-3H3/t22-/m1/s1. The Morgan fingerprint density at radius 3 is 2.39 bits per heavy atom. The van der Waals surface area contributed by atoms with Gasteiger partial charge in [0, 0.05) is 37.4 Å².